The summed E-state index contributed by atoms with van der Waals surface area (Å²) >= 11 is 1.25. The Labute approximate surface area is 69.1 Å². The van der Waals surface area contributed by atoms with Crippen LogP contribution in [0.2, 0.25) is 0 Å². The number of nitrogens with two attached hydrogens (primary N) is 1. The van der Waals surface area contributed by atoms with Gasteiger partial charge >= 0.3 is 0 Å². The van der Waals surface area contributed by atoms with Crippen molar-refractivity contribution >= 4 is 11.3 Å². The lowest BCUT2D eigenvalue weighted by Crippen LogP contribution is -2.10. The monoisotopic (exact) mass is 173 g/mol. The standard InChI is InChI=1S/C7H11NO2S/c8-6(1-3-9)5-2-4-11-7(5)10/h2,4,6,9-10H,1,3,8H2. The molecule has 0 fully saturated rings. The van der Waals surface area contributed by atoms with Gasteiger partial charge in [0.05, 0.1) is 0 Å². The van der Waals surface area contributed by atoms with Crippen molar-refractivity contribution < 1.29 is 10.2 Å². The van der Waals surface area contributed by atoms with Gasteiger partial charge in [0.25, 0.3) is 0 Å². The molecule has 1 heterocycles. The van der Waals surface area contributed by atoms with E-state index in [1.54, 1.807) is 11.4 Å². The highest BCUT2D eigenvalue weighted by Crippen LogP contribution is 2.29. The van der Waals surface area contributed by atoms with E-state index in [1.165, 1.54) is 11.3 Å². The average Bonchev–Trinajstić information content (AvgIpc) is 2.36. The van der Waals surface area contributed by atoms with Crippen molar-refractivity contribution in [3.05, 3.63) is 17.0 Å². The zero-order valence-electron chi connectivity index (χ0n) is 6.03. The van der Waals surface area contributed by atoms with Gasteiger partial charge in [-0.3, -0.25) is 0 Å². The molecule has 0 saturated carbocycles. The van der Waals surface area contributed by atoms with Gasteiger partial charge in [-0.1, -0.05) is 0 Å². The summed E-state index contributed by atoms with van der Waals surface area (Å²) in [6.45, 7) is 0.0520. The van der Waals surface area contributed by atoms with Crippen LogP contribution in [0.25, 0.3) is 0 Å². The Morgan fingerprint density at radius 3 is 2.82 bits per heavy atom. The second kappa shape index (κ2) is 3.71. The largest absolute Gasteiger partial charge is 0.499 e. The molecular weight excluding hydrogens is 162 g/mol. The van der Waals surface area contributed by atoms with Crippen LogP contribution < -0.4 is 5.73 Å². The van der Waals surface area contributed by atoms with Crippen molar-refractivity contribution in [1.29, 1.82) is 0 Å². The van der Waals surface area contributed by atoms with Crippen LogP contribution in [0.15, 0.2) is 11.4 Å². The first-order chi connectivity index (χ1) is 5.25. The van der Waals surface area contributed by atoms with Gasteiger partial charge in [0.1, 0.15) is 0 Å². The smallest absolute Gasteiger partial charge is 0.175 e. The molecular formula is C7H11NO2S. The maximum absolute atomic E-state index is 9.20. The normalized spacial score (nSPS) is 13.3. The van der Waals surface area contributed by atoms with E-state index in [4.69, 9.17) is 10.8 Å². The van der Waals surface area contributed by atoms with E-state index < -0.39 is 0 Å². The third kappa shape index (κ3) is 1.92. The number of rotatable bonds is 3. The third-order valence-corrected chi connectivity index (χ3v) is 2.24. The lowest BCUT2D eigenvalue weighted by atomic mass is 10.1. The second-order valence-corrected chi connectivity index (χ2v) is 3.19. The zero-order valence-corrected chi connectivity index (χ0v) is 6.84. The lowest BCUT2D eigenvalue weighted by Gasteiger charge is -2.07. The third-order valence-electron chi connectivity index (χ3n) is 1.51. The Balaban J connectivity index is 2.67. The average molecular weight is 173 g/mol. The van der Waals surface area contributed by atoms with Crippen LogP contribution in [0.3, 0.4) is 0 Å². The predicted molar refractivity (Wildman–Crippen MR) is 44.6 cm³/mol. The van der Waals surface area contributed by atoms with Crippen molar-refractivity contribution in [2.75, 3.05) is 6.61 Å². The summed E-state index contributed by atoms with van der Waals surface area (Å²) in [7, 11) is 0. The molecule has 4 heteroatoms. The van der Waals surface area contributed by atoms with Gasteiger partial charge in [0.2, 0.25) is 0 Å². The molecule has 0 bridgehead atoms. The quantitative estimate of drug-likeness (QED) is 0.634. The van der Waals surface area contributed by atoms with Gasteiger partial charge in [-0.2, -0.15) is 0 Å². The zero-order chi connectivity index (χ0) is 8.27. The van der Waals surface area contributed by atoms with Crippen LogP contribution in [0, 0.1) is 0 Å². The van der Waals surface area contributed by atoms with Crippen LogP contribution in [0.1, 0.15) is 18.0 Å². The molecule has 1 rings (SSSR count). The Bertz CT molecular complexity index is 224. The summed E-state index contributed by atoms with van der Waals surface area (Å²) < 4.78 is 0. The minimum atomic E-state index is -0.244. The van der Waals surface area contributed by atoms with Crippen molar-refractivity contribution in [3.63, 3.8) is 0 Å². The van der Waals surface area contributed by atoms with E-state index in [-0.39, 0.29) is 17.7 Å². The molecule has 1 aromatic rings. The first-order valence-electron chi connectivity index (χ1n) is 3.38. The topological polar surface area (TPSA) is 66.5 Å². The predicted octanol–water partition coefficient (Wildman–Crippen LogP) is 0.836. The fourth-order valence-corrected chi connectivity index (χ4v) is 1.59. The first kappa shape index (κ1) is 8.52. The van der Waals surface area contributed by atoms with Gasteiger partial charge in [0, 0.05) is 18.2 Å². The highest BCUT2D eigenvalue weighted by Gasteiger charge is 2.10. The molecule has 4 N–H and O–H groups in total. The summed E-state index contributed by atoms with van der Waals surface area (Å²) in [5.41, 5.74) is 6.36. The molecule has 11 heavy (non-hydrogen) atoms. The molecule has 0 spiro atoms. The van der Waals surface area contributed by atoms with Crippen molar-refractivity contribution in [1.82, 2.24) is 0 Å². The van der Waals surface area contributed by atoms with E-state index in [0.29, 0.717) is 6.42 Å². The van der Waals surface area contributed by atoms with Gasteiger partial charge < -0.3 is 15.9 Å². The summed E-state index contributed by atoms with van der Waals surface area (Å²) in [6.07, 6.45) is 0.490. The van der Waals surface area contributed by atoms with Crippen LogP contribution >= 0.6 is 11.3 Å². The van der Waals surface area contributed by atoms with Crippen molar-refractivity contribution in [3.8, 4) is 5.06 Å². The fourth-order valence-electron chi connectivity index (χ4n) is 0.888. The van der Waals surface area contributed by atoms with Crippen LogP contribution in [-0.4, -0.2) is 16.8 Å². The Morgan fingerprint density at radius 2 is 2.36 bits per heavy atom. The summed E-state index contributed by atoms with van der Waals surface area (Å²) in [5.74, 6) is 0. The molecule has 0 aliphatic carbocycles. The van der Waals surface area contributed by atoms with Crippen LogP contribution in [0.5, 0.6) is 5.06 Å². The Kier molecular flexibility index (Phi) is 2.87. The van der Waals surface area contributed by atoms with E-state index >= 15 is 0 Å². The number of hydrogen-bond acceptors (Lipinski definition) is 4. The molecule has 1 atom stereocenters. The highest BCUT2D eigenvalue weighted by atomic mass is 32.1. The molecule has 0 radical (unpaired) electrons. The number of aliphatic hydroxyl groups excluding tert-OH is 1. The van der Waals surface area contributed by atoms with E-state index in [9.17, 15) is 5.11 Å². The number of aromatic hydroxyl groups is 1. The molecule has 0 aliphatic rings. The minimum absolute atomic E-state index is 0.0520. The summed E-state index contributed by atoms with van der Waals surface area (Å²) in [5, 5.41) is 19.8. The summed E-state index contributed by atoms with van der Waals surface area (Å²) in [4.78, 5) is 0. The van der Waals surface area contributed by atoms with Crippen molar-refractivity contribution in [2.24, 2.45) is 5.73 Å². The number of aliphatic hydroxyl groups is 1. The number of thiophene rings is 1. The molecule has 0 aliphatic heterocycles. The molecule has 0 amide bonds. The molecule has 3 nitrogen and oxygen atoms in total. The molecule has 0 aromatic carbocycles. The second-order valence-electron chi connectivity index (χ2n) is 2.30. The first-order valence-corrected chi connectivity index (χ1v) is 4.26. The maximum Gasteiger partial charge on any atom is 0.175 e. The van der Waals surface area contributed by atoms with Crippen molar-refractivity contribution in [2.45, 2.75) is 12.5 Å². The minimum Gasteiger partial charge on any atom is -0.499 e. The van der Waals surface area contributed by atoms with E-state index in [0.717, 1.165) is 5.56 Å². The van der Waals surface area contributed by atoms with E-state index in [2.05, 4.69) is 0 Å². The van der Waals surface area contributed by atoms with Gasteiger partial charge in [-0.15, -0.1) is 11.3 Å². The SMILES string of the molecule is NC(CCO)c1ccsc1O. The lowest BCUT2D eigenvalue weighted by molar-refractivity contribution is 0.276. The Hall–Kier alpha value is -0.580. The molecule has 1 aromatic heterocycles. The highest BCUT2D eigenvalue weighted by molar-refractivity contribution is 7.11. The Morgan fingerprint density at radius 1 is 1.64 bits per heavy atom. The fraction of sp³-hybridized carbons (Fsp3) is 0.429. The molecule has 0 saturated heterocycles. The molecule has 1 unspecified atom stereocenters. The van der Waals surface area contributed by atoms with E-state index in [1.807, 2.05) is 0 Å². The van der Waals surface area contributed by atoms with Gasteiger partial charge in [0.15, 0.2) is 5.06 Å². The van der Waals surface area contributed by atoms with Crippen LogP contribution in [-0.2, 0) is 0 Å². The maximum atomic E-state index is 9.20. The summed E-state index contributed by atoms with van der Waals surface area (Å²) in [6, 6.07) is 1.53. The van der Waals surface area contributed by atoms with Gasteiger partial charge in [-0.25, -0.2) is 0 Å². The van der Waals surface area contributed by atoms with Crippen LogP contribution in [0.4, 0.5) is 0 Å². The van der Waals surface area contributed by atoms with Gasteiger partial charge in [-0.05, 0) is 17.9 Å². The molecule has 62 valence electrons. The number of hydrogen-bond donors (Lipinski definition) is 3.